The van der Waals surface area contributed by atoms with E-state index < -0.39 is 10.0 Å². The van der Waals surface area contributed by atoms with Gasteiger partial charge in [-0.1, -0.05) is 64.1 Å². The van der Waals surface area contributed by atoms with E-state index in [4.69, 9.17) is 0 Å². The van der Waals surface area contributed by atoms with E-state index in [9.17, 15) is 18.0 Å². The van der Waals surface area contributed by atoms with Gasteiger partial charge in [0.05, 0.1) is 17.2 Å². The summed E-state index contributed by atoms with van der Waals surface area (Å²) in [5, 5.41) is 23.2. The summed E-state index contributed by atoms with van der Waals surface area (Å²) in [6, 6.07) is 13.4. The summed E-state index contributed by atoms with van der Waals surface area (Å²) in [6.45, 7) is 3.09. The van der Waals surface area contributed by atoms with Crippen molar-refractivity contribution in [3.63, 3.8) is 0 Å². The second-order valence-corrected chi connectivity index (χ2v) is 15.8. The maximum absolute atomic E-state index is 13.0. The van der Waals surface area contributed by atoms with Gasteiger partial charge in [-0.25, -0.2) is 8.42 Å². The van der Waals surface area contributed by atoms with Crippen molar-refractivity contribution in [1.82, 2.24) is 34.6 Å². The van der Waals surface area contributed by atoms with Crippen molar-refractivity contribution in [3.8, 4) is 5.69 Å². The number of hydrogen-bond donors (Lipinski definition) is 2. The minimum absolute atomic E-state index is 0.0468. The highest BCUT2D eigenvalue weighted by atomic mass is 79.9. The summed E-state index contributed by atoms with van der Waals surface area (Å²) in [7, 11) is -3.59. The molecule has 1 aliphatic heterocycles. The molecule has 2 aromatic carbocycles. The number of carbonyl (C=O) groups excluding carboxylic acids is 2. The van der Waals surface area contributed by atoms with Crippen molar-refractivity contribution >= 4 is 77.8 Å². The molecule has 5 rings (SSSR count). The highest BCUT2D eigenvalue weighted by Crippen LogP contribution is 2.27. The van der Waals surface area contributed by atoms with Gasteiger partial charge in [0.2, 0.25) is 21.1 Å². The first-order chi connectivity index (χ1) is 21.2. The standard InChI is InChI=1S/C27H29BrN8O4S4/c1-2-41-27-34-32-25(43-27)30-23(37)17-42-26-33-31-22(36(26)20-10-8-19(28)9-11-20)16-29-24(38)18-6-12-21(13-7-18)44(39,40)35-14-4-3-5-15-35/h6-13H,2-5,14-17H2,1H3,(H,29,38)(H,30,32,37). The van der Waals surface area contributed by atoms with Crippen LogP contribution in [0.15, 0.2) is 67.4 Å². The number of sulfonamides is 1. The molecule has 2 N–H and O–H groups in total. The van der Waals surface area contributed by atoms with Crippen LogP contribution in [0.5, 0.6) is 0 Å². The number of benzene rings is 2. The van der Waals surface area contributed by atoms with Crippen LogP contribution in [0.1, 0.15) is 42.4 Å². The third-order valence-electron chi connectivity index (χ3n) is 6.51. The lowest BCUT2D eigenvalue weighted by molar-refractivity contribution is -0.113. The van der Waals surface area contributed by atoms with E-state index in [0.29, 0.717) is 34.8 Å². The van der Waals surface area contributed by atoms with Crippen LogP contribution in [0.3, 0.4) is 0 Å². The van der Waals surface area contributed by atoms with Crippen molar-refractivity contribution in [1.29, 1.82) is 0 Å². The van der Waals surface area contributed by atoms with E-state index in [1.807, 2.05) is 31.2 Å². The van der Waals surface area contributed by atoms with E-state index in [1.165, 1.54) is 51.7 Å². The molecular formula is C27H29BrN8O4S4. The molecule has 17 heteroatoms. The lowest BCUT2D eigenvalue weighted by atomic mass is 10.2. The zero-order valence-electron chi connectivity index (χ0n) is 23.6. The van der Waals surface area contributed by atoms with Gasteiger partial charge in [0.15, 0.2) is 15.3 Å². The number of carbonyl (C=O) groups is 2. The molecule has 0 aliphatic carbocycles. The first-order valence-corrected chi connectivity index (χ1v) is 18.7. The maximum Gasteiger partial charge on any atom is 0.251 e. The molecule has 0 atom stereocenters. The Morgan fingerprint density at radius 1 is 0.955 bits per heavy atom. The Bertz CT molecular complexity index is 1710. The van der Waals surface area contributed by atoms with Crippen LogP contribution in [0.25, 0.3) is 5.69 Å². The van der Waals surface area contributed by atoms with Crippen LogP contribution in [-0.4, -0.2) is 74.1 Å². The van der Waals surface area contributed by atoms with Crippen molar-refractivity contribution in [3.05, 3.63) is 64.4 Å². The summed E-state index contributed by atoms with van der Waals surface area (Å²) in [5.74, 6) is 0.735. The number of anilines is 1. The van der Waals surface area contributed by atoms with Crippen molar-refractivity contribution in [2.45, 2.75) is 47.1 Å². The van der Waals surface area contributed by atoms with Gasteiger partial charge in [0.25, 0.3) is 5.91 Å². The Kier molecular flexibility index (Phi) is 11.1. The molecule has 1 fully saturated rings. The molecule has 0 bridgehead atoms. The number of hydrogen-bond acceptors (Lipinski definition) is 11. The molecule has 1 saturated heterocycles. The molecule has 2 amide bonds. The molecule has 1 aliphatic rings. The summed E-state index contributed by atoms with van der Waals surface area (Å²) >= 11 is 7.52. The van der Waals surface area contributed by atoms with Gasteiger partial charge in [-0.3, -0.25) is 19.5 Å². The molecule has 12 nitrogen and oxygen atoms in total. The maximum atomic E-state index is 13.0. The molecule has 0 radical (unpaired) electrons. The van der Waals surface area contributed by atoms with Gasteiger partial charge in [-0.05, 0) is 67.1 Å². The topological polar surface area (TPSA) is 152 Å². The molecule has 0 unspecified atom stereocenters. The number of rotatable bonds is 12. The second-order valence-electron chi connectivity index (χ2n) is 9.53. The number of piperidine rings is 1. The van der Waals surface area contributed by atoms with E-state index >= 15 is 0 Å². The van der Waals surface area contributed by atoms with Gasteiger partial charge >= 0.3 is 0 Å². The Labute approximate surface area is 276 Å². The molecule has 0 saturated carbocycles. The van der Waals surface area contributed by atoms with Gasteiger partial charge in [-0.2, -0.15) is 4.31 Å². The molecule has 0 spiro atoms. The molecule has 3 heterocycles. The Morgan fingerprint density at radius 3 is 2.39 bits per heavy atom. The minimum atomic E-state index is -3.59. The zero-order chi connectivity index (χ0) is 31.1. The Morgan fingerprint density at radius 2 is 1.68 bits per heavy atom. The summed E-state index contributed by atoms with van der Waals surface area (Å²) < 4.78 is 30.9. The largest absolute Gasteiger partial charge is 0.345 e. The normalized spacial score (nSPS) is 14.0. The number of nitrogens with zero attached hydrogens (tertiary/aromatic N) is 6. The fourth-order valence-corrected chi connectivity index (χ4v) is 8.60. The summed E-state index contributed by atoms with van der Waals surface area (Å²) in [5.41, 5.74) is 1.07. The van der Waals surface area contributed by atoms with Gasteiger partial charge in [-0.15, -0.1) is 20.4 Å². The van der Waals surface area contributed by atoms with E-state index in [2.05, 4.69) is 47.0 Å². The first kappa shape index (κ1) is 32.6. The minimum Gasteiger partial charge on any atom is -0.345 e. The number of aromatic nitrogens is 5. The zero-order valence-corrected chi connectivity index (χ0v) is 28.5. The number of amides is 2. The number of halogens is 1. The molecule has 232 valence electrons. The highest BCUT2D eigenvalue weighted by Gasteiger charge is 2.26. The van der Waals surface area contributed by atoms with E-state index in [-0.39, 0.29) is 29.0 Å². The highest BCUT2D eigenvalue weighted by molar-refractivity contribution is 9.10. The van der Waals surface area contributed by atoms with Crippen LogP contribution in [0, 0.1) is 0 Å². The van der Waals surface area contributed by atoms with Gasteiger partial charge < -0.3 is 5.32 Å². The van der Waals surface area contributed by atoms with Crippen LogP contribution in [-0.2, 0) is 21.4 Å². The van der Waals surface area contributed by atoms with Crippen molar-refractivity contribution in [2.75, 3.05) is 29.9 Å². The predicted molar refractivity (Wildman–Crippen MR) is 175 cm³/mol. The summed E-state index contributed by atoms with van der Waals surface area (Å²) in [4.78, 5) is 25.8. The number of nitrogens with one attached hydrogen (secondary N) is 2. The average molecular weight is 738 g/mol. The van der Waals surface area contributed by atoms with Crippen LogP contribution in [0.4, 0.5) is 5.13 Å². The SMILES string of the molecule is CCSc1nnc(NC(=O)CSc2nnc(CNC(=O)c3ccc(S(=O)(=O)N4CCCCC4)cc3)n2-c2ccc(Br)cc2)s1. The fraction of sp³-hybridized carbons (Fsp3) is 0.333. The molecule has 4 aromatic rings. The lowest BCUT2D eigenvalue weighted by Gasteiger charge is -2.25. The van der Waals surface area contributed by atoms with E-state index in [1.54, 1.807) is 16.3 Å². The Hall–Kier alpha value is -2.83. The third kappa shape index (κ3) is 8.06. The van der Waals surface area contributed by atoms with Crippen LogP contribution in [0.2, 0.25) is 0 Å². The van der Waals surface area contributed by atoms with E-state index in [0.717, 1.165) is 39.5 Å². The third-order valence-corrected chi connectivity index (χ3v) is 11.7. The van der Waals surface area contributed by atoms with Gasteiger partial charge in [0.1, 0.15) is 0 Å². The summed E-state index contributed by atoms with van der Waals surface area (Å²) in [6.07, 6.45) is 2.73. The molecule has 44 heavy (non-hydrogen) atoms. The van der Waals surface area contributed by atoms with Crippen LogP contribution >= 0.6 is 50.8 Å². The Balaban J connectivity index is 1.26. The monoisotopic (exact) mass is 736 g/mol. The van der Waals surface area contributed by atoms with Crippen LogP contribution < -0.4 is 10.6 Å². The smallest absolute Gasteiger partial charge is 0.251 e. The molecule has 2 aromatic heterocycles. The average Bonchev–Trinajstić information content (AvgIpc) is 3.66. The molecular weight excluding hydrogens is 709 g/mol. The quantitative estimate of drug-likeness (QED) is 0.153. The van der Waals surface area contributed by atoms with Crippen molar-refractivity contribution < 1.29 is 18.0 Å². The second kappa shape index (κ2) is 15.0. The van der Waals surface area contributed by atoms with Crippen molar-refractivity contribution in [2.24, 2.45) is 0 Å². The first-order valence-electron chi connectivity index (χ1n) is 13.7. The fourth-order valence-electron chi connectivity index (χ4n) is 4.38. The van der Waals surface area contributed by atoms with Gasteiger partial charge in [0, 0.05) is 28.8 Å². The number of thioether (sulfide) groups is 2. The lowest BCUT2D eigenvalue weighted by Crippen LogP contribution is -2.35. The predicted octanol–water partition coefficient (Wildman–Crippen LogP) is 4.83.